The van der Waals surface area contributed by atoms with E-state index in [0.29, 0.717) is 30.3 Å². The van der Waals surface area contributed by atoms with E-state index < -0.39 is 59.6 Å². The molecule has 0 bridgehead atoms. The molecule has 3 aromatic carbocycles. The van der Waals surface area contributed by atoms with Crippen LogP contribution in [0.1, 0.15) is 31.6 Å². The van der Waals surface area contributed by atoms with E-state index >= 15 is 0 Å². The topological polar surface area (TPSA) is 36.9 Å². The lowest BCUT2D eigenvalue weighted by molar-refractivity contribution is -0.206. The van der Waals surface area contributed by atoms with Crippen molar-refractivity contribution in [1.29, 1.82) is 0 Å². The van der Waals surface area contributed by atoms with Gasteiger partial charge in [-0.05, 0) is 24.1 Å². The first-order valence-electron chi connectivity index (χ1n) is 11.7. The van der Waals surface area contributed by atoms with Gasteiger partial charge in [0.2, 0.25) is 5.82 Å². The molecule has 0 atom stereocenters. The molecule has 0 amide bonds. The molecule has 4 nitrogen and oxygen atoms in total. The number of halogens is 7. The zero-order valence-electron chi connectivity index (χ0n) is 20.1. The van der Waals surface area contributed by atoms with Crippen LogP contribution in [0.3, 0.4) is 0 Å². The Morgan fingerprint density at radius 3 is 2.08 bits per heavy atom. The van der Waals surface area contributed by atoms with Crippen LogP contribution in [0.5, 0.6) is 11.5 Å². The van der Waals surface area contributed by atoms with E-state index in [4.69, 9.17) is 9.47 Å². The van der Waals surface area contributed by atoms with E-state index in [9.17, 15) is 30.7 Å². The molecule has 204 valence electrons. The van der Waals surface area contributed by atoms with E-state index in [1.54, 1.807) is 24.3 Å². The lowest BCUT2D eigenvalue weighted by atomic mass is 10.0. The second-order valence-electron chi connectivity index (χ2n) is 8.74. The Hall–Kier alpha value is -3.31. The van der Waals surface area contributed by atoms with Crippen molar-refractivity contribution in [1.82, 2.24) is 0 Å². The molecule has 38 heavy (non-hydrogen) atoms. The second kappa shape index (κ2) is 11.6. The van der Waals surface area contributed by atoms with Crippen molar-refractivity contribution in [3.8, 4) is 22.6 Å². The molecule has 4 rings (SSSR count). The maximum Gasteiger partial charge on any atom is 0.433 e. The van der Waals surface area contributed by atoms with Gasteiger partial charge in [0.05, 0.1) is 13.2 Å². The Kier molecular flexibility index (Phi) is 8.47. The molecule has 0 N–H and O–H groups in total. The van der Waals surface area contributed by atoms with E-state index in [1.807, 2.05) is 0 Å². The molecule has 0 aliphatic carbocycles. The number of benzene rings is 3. The van der Waals surface area contributed by atoms with Crippen molar-refractivity contribution in [2.45, 2.75) is 32.2 Å². The van der Waals surface area contributed by atoms with Gasteiger partial charge >= 0.3 is 6.11 Å². The van der Waals surface area contributed by atoms with Gasteiger partial charge in [0.15, 0.2) is 41.9 Å². The Balaban J connectivity index is 1.41. The van der Waals surface area contributed by atoms with Crippen molar-refractivity contribution in [3.05, 3.63) is 83.2 Å². The molecule has 0 unspecified atom stereocenters. The van der Waals surface area contributed by atoms with E-state index in [2.05, 4.69) is 16.4 Å². The molecule has 1 fully saturated rings. The average molecular weight is 544 g/mol. The zero-order valence-corrected chi connectivity index (χ0v) is 20.1. The van der Waals surface area contributed by atoms with Crippen LogP contribution in [-0.2, 0) is 9.47 Å². The van der Waals surface area contributed by atoms with E-state index in [0.717, 1.165) is 25.0 Å². The monoisotopic (exact) mass is 544 g/mol. The molecule has 0 saturated carbocycles. The number of ether oxygens (including phenoxy) is 4. The van der Waals surface area contributed by atoms with Crippen LogP contribution in [0.25, 0.3) is 11.1 Å². The highest BCUT2D eigenvalue weighted by molar-refractivity contribution is 5.65. The minimum Gasteiger partial charge on any atom is -0.480 e. The van der Waals surface area contributed by atoms with Crippen molar-refractivity contribution >= 4 is 0 Å². The summed E-state index contributed by atoms with van der Waals surface area (Å²) in [5, 5.41) is 0. The molecule has 1 heterocycles. The zero-order chi connectivity index (χ0) is 27.4. The lowest BCUT2D eigenvalue weighted by Crippen LogP contribution is -2.32. The molecule has 0 aromatic heterocycles. The van der Waals surface area contributed by atoms with Crippen LogP contribution < -0.4 is 9.47 Å². The summed E-state index contributed by atoms with van der Waals surface area (Å²) in [7, 11) is 0. The average Bonchev–Trinajstić information content (AvgIpc) is 2.89. The van der Waals surface area contributed by atoms with Crippen LogP contribution >= 0.6 is 0 Å². The third kappa shape index (κ3) is 6.39. The summed E-state index contributed by atoms with van der Waals surface area (Å²) in [5.41, 5.74) is 0.869. The van der Waals surface area contributed by atoms with Crippen molar-refractivity contribution < 1.29 is 49.7 Å². The molecule has 0 radical (unpaired) electrons. The van der Waals surface area contributed by atoms with E-state index in [1.165, 1.54) is 0 Å². The normalized spacial score (nSPS) is 17.9. The molecular weight excluding hydrogens is 521 g/mol. The lowest BCUT2D eigenvalue weighted by Gasteiger charge is -2.29. The summed E-state index contributed by atoms with van der Waals surface area (Å²) in [6, 6.07) is 8.92. The molecule has 11 heteroatoms. The first kappa shape index (κ1) is 27.7. The van der Waals surface area contributed by atoms with Gasteiger partial charge < -0.3 is 18.9 Å². The Morgan fingerprint density at radius 2 is 1.47 bits per heavy atom. The molecule has 1 saturated heterocycles. The highest BCUT2D eigenvalue weighted by Crippen LogP contribution is 2.33. The fourth-order valence-corrected chi connectivity index (χ4v) is 3.95. The molecule has 3 aromatic rings. The van der Waals surface area contributed by atoms with Gasteiger partial charge in [0.25, 0.3) is 0 Å². The van der Waals surface area contributed by atoms with Gasteiger partial charge in [-0.3, -0.25) is 0 Å². The van der Waals surface area contributed by atoms with Gasteiger partial charge in [-0.2, -0.15) is 13.2 Å². The molecule has 1 aliphatic heterocycles. The Bertz CT molecular complexity index is 1240. The first-order chi connectivity index (χ1) is 18.1. The highest BCUT2D eigenvalue weighted by Gasteiger charge is 2.34. The van der Waals surface area contributed by atoms with Crippen molar-refractivity contribution in [2.24, 2.45) is 5.92 Å². The third-order valence-corrected chi connectivity index (χ3v) is 5.82. The fraction of sp³-hybridized carbons (Fsp3) is 0.333. The summed E-state index contributed by atoms with van der Waals surface area (Å²) >= 11 is 0. The Morgan fingerprint density at radius 1 is 0.842 bits per heavy atom. The summed E-state index contributed by atoms with van der Waals surface area (Å²) in [4.78, 5) is 0. The van der Waals surface area contributed by atoms with Crippen molar-refractivity contribution in [3.63, 3.8) is 0 Å². The standard InChI is InChI=1S/C27H23F7O4/c1-2-3-15-12-35-26(36-13-15)17-6-4-16(5-7-17)19-8-9-22(25(32)23(19)30)37-14-27(33,34)38-18-10-20(28)24(31)21(29)11-18/h4-11,15,26H,2-3,12-14H2,1H3. The van der Waals surface area contributed by atoms with Gasteiger partial charge in [0, 0.05) is 29.2 Å². The largest absolute Gasteiger partial charge is 0.480 e. The Labute approximate surface area is 213 Å². The van der Waals surface area contributed by atoms with Crippen LogP contribution in [-0.4, -0.2) is 25.9 Å². The van der Waals surface area contributed by atoms with Gasteiger partial charge in [0.1, 0.15) is 5.75 Å². The van der Waals surface area contributed by atoms with Gasteiger partial charge in [-0.1, -0.05) is 37.6 Å². The second-order valence-corrected chi connectivity index (χ2v) is 8.74. The predicted octanol–water partition coefficient (Wildman–Crippen LogP) is 7.56. The van der Waals surface area contributed by atoms with Gasteiger partial charge in [-0.15, -0.1) is 0 Å². The number of alkyl halides is 2. The SMILES string of the molecule is CCCC1COC(c2ccc(-c3ccc(OCC(F)(F)Oc4cc(F)c(F)c(F)c4)c(F)c3F)cc2)OC1. The molecule has 1 aliphatic rings. The van der Waals surface area contributed by atoms with Crippen molar-refractivity contribution in [2.75, 3.05) is 19.8 Å². The maximum absolute atomic E-state index is 14.8. The predicted molar refractivity (Wildman–Crippen MR) is 122 cm³/mol. The highest BCUT2D eigenvalue weighted by atomic mass is 19.3. The summed E-state index contributed by atoms with van der Waals surface area (Å²) < 4.78 is 117. The minimum atomic E-state index is -4.21. The summed E-state index contributed by atoms with van der Waals surface area (Å²) in [6.07, 6.45) is -2.76. The van der Waals surface area contributed by atoms with Gasteiger partial charge in [-0.25, -0.2) is 17.6 Å². The summed E-state index contributed by atoms with van der Waals surface area (Å²) in [6.45, 7) is 1.57. The quantitative estimate of drug-likeness (QED) is 0.206. The smallest absolute Gasteiger partial charge is 0.433 e. The summed E-state index contributed by atoms with van der Waals surface area (Å²) in [5.74, 6) is -9.75. The number of hydrogen-bond acceptors (Lipinski definition) is 4. The fourth-order valence-electron chi connectivity index (χ4n) is 3.95. The number of rotatable bonds is 9. The molecular formula is C27H23F7O4. The first-order valence-corrected chi connectivity index (χ1v) is 11.7. The van der Waals surface area contributed by atoms with Crippen LogP contribution in [0.4, 0.5) is 30.7 Å². The minimum absolute atomic E-state index is 0.143. The van der Waals surface area contributed by atoms with Crippen LogP contribution in [0.2, 0.25) is 0 Å². The molecule has 0 spiro atoms. The number of hydrogen-bond donors (Lipinski definition) is 0. The van der Waals surface area contributed by atoms with E-state index in [-0.39, 0.29) is 17.7 Å². The van der Waals surface area contributed by atoms with Crippen LogP contribution in [0.15, 0.2) is 48.5 Å². The maximum atomic E-state index is 14.8. The third-order valence-electron chi connectivity index (χ3n) is 5.82. The van der Waals surface area contributed by atoms with Crippen LogP contribution in [0, 0.1) is 35.0 Å².